The van der Waals surface area contributed by atoms with Crippen LogP contribution in [0.3, 0.4) is 0 Å². The van der Waals surface area contributed by atoms with E-state index >= 15 is 0 Å². The second-order valence-corrected chi connectivity index (χ2v) is 9.43. The van der Waals surface area contributed by atoms with E-state index in [0.29, 0.717) is 0 Å². The van der Waals surface area contributed by atoms with Crippen molar-refractivity contribution in [1.82, 2.24) is 9.29 Å². The summed E-state index contributed by atoms with van der Waals surface area (Å²) in [6, 6.07) is 7.16. The van der Waals surface area contributed by atoms with Gasteiger partial charge in [0.1, 0.15) is 5.03 Å². The first-order valence-corrected chi connectivity index (χ1v) is 11.2. The van der Waals surface area contributed by atoms with Gasteiger partial charge in [-0.25, -0.2) is 15.8 Å². The molecule has 1 aromatic carbocycles. The number of amides is 1. The predicted molar refractivity (Wildman–Crippen MR) is 100 cm³/mol. The molecule has 3 rings (SSSR count). The molecule has 29 heavy (non-hydrogen) atoms. The first kappa shape index (κ1) is 21.1. The lowest BCUT2D eigenvalue weighted by atomic mass is 10.2. The van der Waals surface area contributed by atoms with Gasteiger partial charge in [-0.2, -0.15) is 8.42 Å². The molecule has 156 valence electrons. The largest absolute Gasteiger partial charge is 0.745 e. The van der Waals surface area contributed by atoms with Crippen LogP contribution in [0.25, 0.3) is 0 Å². The molecular weight excluding hydrogens is 426 g/mol. The van der Waals surface area contributed by atoms with Crippen molar-refractivity contribution in [1.29, 1.82) is 0 Å². The Hall–Kier alpha value is -2.58. The van der Waals surface area contributed by atoms with Crippen molar-refractivity contribution < 1.29 is 31.4 Å². The third-order valence-electron chi connectivity index (χ3n) is 4.11. The SMILES string of the molecule is O=C1c2cccnc2S([O-])(O)N1CCCCOS(=O)(=O)c1ccc([N+](=O)[O-])cc1. The van der Waals surface area contributed by atoms with E-state index in [1.54, 1.807) is 0 Å². The van der Waals surface area contributed by atoms with Gasteiger partial charge in [-0.3, -0.25) is 23.4 Å². The number of aromatic nitrogens is 1. The summed E-state index contributed by atoms with van der Waals surface area (Å²) in [6.07, 6.45) is 1.73. The van der Waals surface area contributed by atoms with Crippen molar-refractivity contribution in [3.63, 3.8) is 0 Å². The highest BCUT2D eigenvalue weighted by atomic mass is 32.3. The van der Waals surface area contributed by atoms with Gasteiger partial charge in [0.05, 0.1) is 22.0 Å². The maximum atomic E-state index is 12.5. The normalized spacial score (nSPS) is 20.9. The van der Waals surface area contributed by atoms with Crippen LogP contribution in [0.1, 0.15) is 23.2 Å². The number of hydrogen-bond donors (Lipinski definition) is 1. The molecule has 0 fully saturated rings. The van der Waals surface area contributed by atoms with Crippen LogP contribution < -0.4 is 0 Å². The Morgan fingerprint density at radius 3 is 2.52 bits per heavy atom. The van der Waals surface area contributed by atoms with Crippen molar-refractivity contribution >= 4 is 32.5 Å². The molecule has 1 atom stereocenters. The number of nitro benzene ring substituents is 1. The minimum Gasteiger partial charge on any atom is -0.745 e. The minimum atomic E-state index is -4.10. The van der Waals surface area contributed by atoms with Crippen LogP contribution in [-0.2, 0) is 14.3 Å². The number of fused-ring (bicyclic) bond motifs is 1. The Labute approximate surface area is 167 Å². The fourth-order valence-electron chi connectivity index (χ4n) is 2.67. The van der Waals surface area contributed by atoms with E-state index in [0.717, 1.165) is 28.6 Å². The summed E-state index contributed by atoms with van der Waals surface area (Å²) in [5, 5.41) is 10.4. The van der Waals surface area contributed by atoms with Gasteiger partial charge in [-0.15, -0.1) is 0 Å². The monoisotopic (exact) mass is 442 g/mol. The Morgan fingerprint density at radius 2 is 1.90 bits per heavy atom. The fraction of sp³-hybridized carbons (Fsp3) is 0.250. The molecule has 0 bridgehead atoms. The quantitative estimate of drug-likeness (QED) is 0.279. The summed E-state index contributed by atoms with van der Waals surface area (Å²) in [5.74, 6) is -0.611. The second kappa shape index (κ2) is 8.04. The molecule has 1 amide bonds. The highest BCUT2D eigenvalue weighted by Crippen LogP contribution is 2.57. The van der Waals surface area contributed by atoms with E-state index in [1.807, 2.05) is 0 Å². The Bertz CT molecular complexity index is 1040. The smallest absolute Gasteiger partial charge is 0.296 e. The zero-order valence-corrected chi connectivity index (χ0v) is 16.5. The second-order valence-electron chi connectivity index (χ2n) is 5.99. The van der Waals surface area contributed by atoms with Crippen LogP contribution >= 0.6 is 10.8 Å². The van der Waals surface area contributed by atoms with Gasteiger partial charge >= 0.3 is 0 Å². The average molecular weight is 442 g/mol. The Balaban J connectivity index is 1.52. The van der Waals surface area contributed by atoms with Gasteiger partial charge < -0.3 is 9.11 Å². The number of carbonyl (C=O) groups is 1. The number of rotatable bonds is 8. The summed E-state index contributed by atoms with van der Waals surface area (Å²) < 4.78 is 52.5. The third kappa shape index (κ3) is 4.23. The van der Waals surface area contributed by atoms with Gasteiger partial charge in [-0.1, -0.05) is 0 Å². The predicted octanol–water partition coefficient (Wildman–Crippen LogP) is 2.31. The number of carbonyl (C=O) groups excluding carboxylic acids is 1. The molecule has 2 aromatic rings. The Morgan fingerprint density at radius 1 is 1.21 bits per heavy atom. The molecule has 11 nitrogen and oxygen atoms in total. The third-order valence-corrected chi connectivity index (χ3v) is 7.21. The first-order chi connectivity index (χ1) is 13.6. The van der Waals surface area contributed by atoms with Crippen molar-refractivity contribution in [3.05, 3.63) is 58.3 Å². The summed E-state index contributed by atoms with van der Waals surface area (Å²) in [5.41, 5.74) is -0.181. The molecule has 2 heterocycles. The van der Waals surface area contributed by atoms with E-state index in [2.05, 4.69) is 4.98 Å². The van der Waals surface area contributed by atoms with Crippen LogP contribution in [0.5, 0.6) is 0 Å². The van der Waals surface area contributed by atoms with Crippen LogP contribution in [0.2, 0.25) is 0 Å². The zero-order valence-electron chi connectivity index (χ0n) is 14.8. The van der Waals surface area contributed by atoms with Crippen LogP contribution in [0, 0.1) is 10.1 Å². The molecule has 0 saturated heterocycles. The number of pyridine rings is 1. The van der Waals surface area contributed by atoms with Crippen molar-refractivity contribution in [2.75, 3.05) is 13.2 Å². The lowest BCUT2D eigenvalue weighted by Crippen LogP contribution is -2.29. The van der Waals surface area contributed by atoms with Crippen LogP contribution in [0.15, 0.2) is 52.5 Å². The van der Waals surface area contributed by atoms with Gasteiger partial charge in [0.25, 0.3) is 21.7 Å². The number of non-ortho nitro benzene ring substituents is 1. The van der Waals surface area contributed by atoms with E-state index in [4.69, 9.17) is 4.18 Å². The van der Waals surface area contributed by atoms with E-state index < -0.39 is 31.7 Å². The average Bonchev–Trinajstić information content (AvgIpc) is 2.88. The summed E-state index contributed by atoms with van der Waals surface area (Å²) >= 11 is 0. The van der Waals surface area contributed by atoms with Crippen LogP contribution in [-0.4, -0.2) is 50.8 Å². The molecule has 1 aliphatic heterocycles. The van der Waals surface area contributed by atoms with Gasteiger partial charge in [0, 0.05) is 24.9 Å². The van der Waals surface area contributed by atoms with E-state index in [-0.39, 0.29) is 47.2 Å². The Kier molecular flexibility index (Phi) is 5.86. The molecule has 13 heteroatoms. The van der Waals surface area contributed by atoms with E-state index in [9.17, 15) is 32.4 Å². The summed E-state index contributed by atoms with van der Waals surface area (Å²) in [4.78, 5) is 25.8. The fourth-order valence-corrected chi connectivity index (χ4v) is 5.16. The zero-order chi connectivity index (χ0) is 21.2. The summed E-state index contributed by atoms with van der Waals surface area (Å²) in [7, 11) is -7.86. The number of hydrogen-bond acceptors (Lipinski definition) is 9. The number of unbranched alkanes of at least 4 members (excludes halogenated alkanes) is 1. The molecule has 1 N–H and O–H groups in total. The molecule has 0 spiro atoms. The van der Waals surface area contributed by atoms with Crippen molar-refractivity contribution in [2.24, 2.45) is 0 Å². The molecule has 0 aliphatic carbocycles. The standard InChI is InChI=1S/C16H17N3O8S2/c20-16-14-4-3-9-17-15(14)28(23,24)18(16)10-1-2-11-27-29(25,26)13-7-5-12(6-8-13)19(21)22/h3-9,23-24H,1-2,10-11H2/p-1. The van der Waals surface area contributed by atoms with Crippen molar-refractivity contribution in [2.45, 2.75) is 22.8 Å². The number of nitrogens with zero attached hydrogens (tertiary/aromatic N) is 3. The van der Waals surface area contributed by atoms with Gasteiger partial charge in [0.15, 0.2) is 0 Å². The number of nitro groups is 1. The molecule has 1 unspecified atom stereocenters. The topological polar surface area (TPSA) is 163 Å². The lowest BCUT2D eigenvalue weighted by molar-refractivity contribution is -0.384. The van der Waals surface area contributed by atoms with Gasteiger partial charge in [0.2, 0.25) is 0 Å². The molecular formula is C16H16N3O8S2-. The highest BCUT2D eigenvalue weighted by Gasteiger charge is 2.36. The van der Waals surface area contributed by atoms with Crippen LogP contribution in [0.4, 0.5) is 5.69 Å². The molecule has 0 saturated carbocycles. The molecule has 0 radical (unpaired) electrons. The van der Waals surface area contributed by atoms with Gasteiger partial charge in [-0.05, 0) is 37.1 Å². The minimum absolute atomic E-state index is 0.0667. The molecule has 1 aromatic heterocycles. The summed E-state index contributed by atoms with van der Waals surface area (Å²) in [6.45, 7) is -0.301. The van der Waals surface area contributed by atoms with E-state index in [1.165, 1.54) is 18.3 Å². The molecule has 1 aliphatic rings. The lowest BCUT2D eigenvalue weighted by Gasteiger charge is -2.47. The maximum Gasteiger partial charge on any atom is 0.296 e. The number of benzene rings is 1. The maximum absolute atomic E-state index is 12.5. The highest BCUT2D eigenvalue weighted by molar-refractivity contribution is 8.23. The van der Waals surface area contributed by atoms with Crippen molar-refractivity contribution in [3.8, 4) is 0 Å². The first-order valence-electron chi connectivity index (χ1n) is 8.32.